The lowest BCUT2D eigenvalue weighted by Crippen LogP contribution is -2.36. The predicted octanol–water partition coefficient (Wildman–Crippen LogP) is 7.24. The molecule has 0 radical (unpaired) electrons. The Labute approximate surface area is 256 Å². The first-order valence-corrected chi connectivity index (χ1v) is 15.7. The van der Waals surface area contributed by atoms with Gasteiger partial charge in [-0.3, -0.25) is 10.3 Å². The number of hydrogen-bond donors (Lipinski definition) is 3. The standard InChI is InChI=1S/C30H33ClN4O5S2/c1-28(2,3)42(38)35-25(24-20(31)10-11-23(33-24)34-27(36)37)22-14-17-8-7-9-19(26(17)41-22)21-15-18(12-13-32-21)30(6)16-39-29(4,5)40-30/h7-15,25,35H,16H2,1-6H3,(H,33,34)(H,36,37). The van der Waals surface area contributed by atoms with Crippen molar-refractivity contribution >= 4 is 55.9 Å². The molecule has 1 saturated heterocycles. The Kier molecular flexibility index (Phi) is 8.21. The highest BCUT2D eigenvalue weighted by Gasteiger charge is 2.43. The maximum atomic E-state index is 13.3. The monoisotopic (exact) mass is 628 g/mol. The summed E-state index contributed by atoms with van der Waals surface area (Å²) in [5, 5.41) is 12.8. The first-order valence-electron chi connectivity index (χ1n) is 13.3. The molecule has 1 fully saturated rings. The van der Waals surface area contributed by atoms with Gasteiger partial charge in [0.2, 0.25) is 0 Å². The summed E-state index contributed by atoms with van der Waals surface area (Å²) in [6, 6.07) is 14.4. The number of anilines is 1. The van der Waals surface area contributed by atoms with E-state index in [2.05, 4.69) is 15.0 Å². The van der Waals surface area contributed by atoms with Crippen molar-refractivity contribution in [3.8, 4) is 11.3 Å². The van der Waals surface area contributed by atoms with Crippen molar-refractivity contribution in [3.63, 3.8) is 0 Å². The van der Waals surface area contributed by atoms with Crippen LogP contribution < -0.4 is 10.0 Å². The van der Waals surface area contributed by atoms with Gasteiger partial charge in [0, 0.05) is 21.3 Å². The van der Waals surface area contributed by atoms with Gasteiger partial charge < -0.3 is 14.6 Å². The number of halogens is 1. The fraction of sp³-hybridized carbons (Fsp3) is 0.367. The van der Waals surface area contributed by atoms with E-state index in [4.69, 9.17) is 26.1 Å². The van der Waals surface area contributed by atoms with Gasteiger partial charge in [0.05, 0.1) is 44.8 Å². The van der Waals surface area contributed by atoms with Crippen molar-refractivity contribution in [3.05, 3.63) is 75.9 Å². The third kappa shape index (κ3) is 6.36. The molecule has 3 atom stereocenters. The van der Waals surface area contributed by atoms with E-state index in [1.165, 1.54) is 17.4 Å². The van der Waals surface area contributed by atoms with Gasteiger partial charge in [-0.15, -0.1) is 11.3 Å². The molecule has 0 spiro atoms. The molecule has 0 bridgehead atoms. The number of aromatic nitrogens is 2. The molecule has 0 saturated carbocycles. The van der Waals surface area contributed by atoms with Gasteiger partial charge in [0.1, 0.15) is 11.4 Å². The van der Waals surface area contributed by atoms with E-state index >= 15 is 0 Å². The van der Waals surface area contributed by atoms with Gasteiger partial charge in [0.25, 0.3) is 0 Å². The average Bonchev–Trinajstić information content (AvgIpc) is 3.47. The Bertz CT molecular complexity index is 1690. The minimum Gasteiger partial charge on any atom is -0.465 e. The zero-order valence-electron chi connectivity index (χ0n) is 24.1. The Morgan fingerprint density at radius 3 is 2.60 bits per heavy atom. The van der Waals surface area contributed by atoms with Crippen molar-refractivity contribution in [1.29, 1.82) is 0 Å². The molecule has 3 unspecified atom stereocenters. The van der Waals surface area contributed by atoms with Crippen LogP contribution in [0.5, 0.6) is 0 Å². The van der Waals surface area contributed by atoms with Crippen molar-refractivity contribution in [1.82, 2.24) is 14.7 Å². The van der Waals surface area contributed by atoms with E-state index in [0.717, 1.165) is 31.8 Å². The number of carboxylic acid groups (broad SMARTS) is 1. The van der Waals surface area contributed by atoms with Crippen LogP contribution in [0.25, 0.3) is 21.3 Å². The molecule has 1 amide bonds. The number of thiophene rings is 1. The maximum Gasteiger partial charge on any atom is 0.410 e. The predicted molar refractivity (Wildman–Crippen MR) is 167 cm³/mol. The number of fused-ring (bicyclic) bond motifs is 1. The number of hydrogen-bond acceptors (Lipinski definition) is 7. The fourth-order valence-electron chi connectivity index (χ4n) is 4.76. The summed E-state index contributed by atoms with van der Waals surface area (Å²) in [6.45, 7) is 11.9. The number of nitrogens with zero attached hydrogens (tertiary/aromatic N) is 2. The minimum atomic E-state index is -1.49. The van der Waals surface area contributed by atoms with E-state index < -0.39 is 39.3 Å². The lowest BCUT2D eigenvalue weighted by molar-refractivity contribution is -0.159. The number of rotatable bonds is 7. The number of nitrogens with one attached hydrogen (secondary N) is 2. The Morgan fingerprint density at radius 1 is 1.17 bits per heavy atom. The molecule has 0 aliphatic carbocycles. The summed E-state index contributed by atoms with van der Waals surface area (Å²) < 4.78 is 29.1. The topological polar surface area (TPSA) is 123 Å². The first-order chi connectivity index (χ1) is 19.6. The summed E-state index contributed by atoms with van der Waals surface area (Å²) in [6.07, 6.45) is 0.533. The highest BCUT2D eigenvalue weighted by atomic mass is 35.5. The van der Waals surface area contributed by atoms with Gasteiger partial charge in [-0.1, -0.05) is 29.8 Å². The van der Waals surface area contributed by atoms with E-state index in [0.29, 0.717) is 17.3 Å². The quantitative estimate of drug-likeness (QED) is 0.197. The van der Waals surface area contributed by atoms with E-state index in [9.17, 15) is 14.1 Å². The van der Waals surface area contributed by atoms with Crippen LogP contribution in [0, 0.1) is 0 Å². The number of benzene rings is 1. The highest BCUT2D eigenvalue weighted by Crippen LogP contribution is 2.42. The van der Waals surface area contributed by atoms with Gasteiger partial charge in [-0.2, -0.15) is 0 Å². The van der Waals surface area contributed by atoms with Crippen molar-refractivity contribution in [2.75, 3.05) is 11.9 Å². The van der Waals surface area contributed by atoms with Crippen molar-refractivity contribution in [2.45, 2.75) is 63.7 Å². The van der Waals surface area contributed by atoms with E-state index in [-0.39, 0.29) is 5.82 Å². The summed E-state index contributed by atoms with van der Waals surface area (Å²) in [5.41, 5.74) is 2.43. The number of amides is 1. The number of carbonyl (C=O) groups is 1. The van der Waals surface area contributed by atoms with Gasteiger partial charge in [0.15, 0.2) is 5.79 Å². The minimum absolute atomic E-state index is 0.118. The van der Waals surface area contributed by atoms with Crippen LogP contribution in [0.1, 0.15) is 63.7 Å². The zero-order chi connectivity index (χ0) is 30.4. The van der Waals surface area contributed by atoms with Crippen molar-refractivity contribution in [2.24, 2.45) is 0 Å². The lowest BCUT2D eigenvalue weighted by Gasteiger charge is -2.25. The molecule has 1 aliphatic rings. The maximum absolute atomic E-state index is 13.3. The summed E-state index contributed by atoms with van der Waals surface area (Å²) in [4.78, 5) is 21.3. The van der Waals surface area contributed by atoms with E-state index in [1.807, 2.05) is 77.9 Å². The normalized spacial score (nSPS) is 20.0. The first kappa shape index (κ1) is 30.5. The molecule has 4 aromatic rings. The van der Waals surface area contributed by atoms with Crippen LogP contribution in [0.3, 0.4) is 0 Å². The molecule has 4 heterocycles. The SMILES string of the molecule is CC1(C)OCC(C)(c2ccnc(-c3cccc4cc(C(NS(=O)C(C)(C)C)c5nc(NC(=O)O)ccc5Cl)sc34)c2)O1. The average molecular weight is 629 g/mol. The van der Waals surface area contributed by atoms with Crippen LogP contribution in [0.15, 0.2) is 54.7 Å². The number of pyridine rings is 2. The van der Waals surface area contributed by atoms with Crippen LogP contribution in [-0.2, 0) is 26.1 Å². The smallest absolute Gasteiger partial charge is 0.410 e. The second-order valence-electron chi connectivity index (χ2n) is 11.7. The zero-order valence-corrected chi connectivity index (χ0v) is 26.5. The molecule has 1 aliphatic heterocycles. The number of ether oxygens (including phenoxy) is 2. The summed E-state index contributed by atoms with van der Waals surface area (Å²) in [5.74, 6) is -0.560. The van der Waals surface area contributed by atoms with Crippen LogP contribution >= 0.6 is 22.9 Å². The third-order valence-electron chi connectivity index (χ3n) is 6.82. The molecule has 1 aromatic carbocycles. The van der Waals surface area contributed by atoms with Crippen LogP contribution in [-0.4, -0.2) is 42.5 Å². The molecular formula is C30H33ClN4O5S2. The largest absolute Gasteiger partial charge is 0.465 e. The molecule has 12 heteroatoms. The highest BCUT2D eigenvalue weighted by molar-refractivity contribution is 7.84. The second-order valence-corrected chi connectivity index (χ2v) is 15.2. The molecule has 9 nitrogen and oxygen atoms in total. The fourth-order valence-corrected chi connectivity index (χ4v) is 7.09. The Balaban J connectivity index is 1.60. The molecule has 5 rings (SSSR count). The molecule has 3 aromatic heterocycles. The van der Waals surface area contributed by atoms with Gasteiger partial charge in [-0.25, -0.2) is 18.7 Å². The van der Waals surface area contributed by atoms with Gasteiger partial charge in [-0.05, 0) is 82.8 Å². The van der Waals surface area contributed by atoms with Gasteiger partial charge >= 0.3 is 6.09 Å². The molecular weight excluding hydrogens is 596 g/mol. The molecule has 42 heavy (non-hydrogen) atoms. The van der Waals surface area contributed by atoms with E-state index in [1.54, 1.807) is 12.3 Å². The molecule has 222 valence electrons. The lowest BCUT2D eigenvalue weighted by atomic mass is 9.96. The third-order valence-corrected chi connectivity index (χ3v) is 9.95. The van der Waals surface area contributed by atoms with Crippen LogP contribution in [0.2, 0.25) is 5.02 Å². The second kappa shape index (κ2) is 11.3. The summed E-state index contributed by atoms with van der Waals surface area (Å²) >= 11 is 8.12. The van der Waals surface area contributed by atoms with Crippen LogP contribution in [0.4, 0.5) is 10.6 Å². The van der Waals surface area contributed by atoms with Crippen molar-refractivity contribution < 1.29 is 23.6 Å². The summed E-state index contributed by atoms with van der Waals surface area (Å²) in [7, 11) is -1.49. The Morgan fingerprint density at radius 2 is 1.93 bits per heavy atom. The Hall–Kier alpha value is -2.93. The molecule has 3 N–H and O–H groups in total.